The largest absolute Gasteiger partial charge is 0.366 e. The molecular formula is C16H22N2O2. The molecule has 1 fully saturated rings. The Hall–Kier alpha value is -1.84. The maximum atomic E-state index is 12.3. The van der Waals surface area contributed by atoms with Gasteiger partial charge < -0.3 is 11.1 Å². The minimum absolute atomic E-state index is 0.0859. The molecule has 0 radical (unpaired) electrons. The molecule has 1 aliphatic carbocycles. The lowest BCUT2D eigenvalue weighted by Crippen LogP contribution is -2.52. The quantitative estimate of drug-likeness (QED) is 0.888. The van der Waals surface area contributed by atoms with E-state index in [2.05, 4.69) is 19.2 Å². The van der Waals surface area contributed by atoms with Gasteiger partial charge in [-0.15, -0.1) is 0 Å². The van der Waals surface area contributed by atoms with E-state index in [1.807, 2.05) is 0 Å². The molecule has 4 heteroatoms. The van der Waals surface area contributed by atoms with E-state index in [1.54, 1.807) is 24.3 Å². The first-order valence-corrected chi connectivity index (χ1v) is 7.15. The van der Waals surface area contributed by atoms with E-state index >= 15 is 0 Å². The van der Waals surface area contributed by atoms with Crippen molar-refractivity contribution >= 4 is 11.8 Å². The van der Waals surface area contributed by atoms with Gasteiger partial charge in [-0.2, -0.15) is 0 Å². The van der Waals surface area contributed by atoms with Crippen LogP contribution in [-0.2, 0) is 0 Å². The second kappa shape index (κ2) is 5.65. The standard InChI is InChI=1S/C16H22N2O2/c1-11-5-3-4-10-16(11,2)18-15(20)13-8-6-12(7-9-13)14(17)19/h6-9,11H,3-5,10H2,1-2H3,(H2,17,19)(H,18,20)/t11-,16-/m0/s1. The lowest BCUT2D eigenvalue weighted by molar-refractivity contribution is 0.0828. The highest BCUT2D eigenvalue weighted by molar-refractivity contribution is 5.97. The summed E-state index contributed by atoms with van der Waals surface area (Å²) in [6, 6.07) is 6.46. The van der Waals surface area contributed by atoms with Crippen molar-refractivity contribution < 1.29 is 9.59 Å². The molecule has 0 spiro atoms. The van der Waals surface area contributed by atoms with E-state index in [4.69, 9.17) is 5.73 Å². The average Bonchev–Trinajstić information content (AvgIpc) is 2.42. The smallest absolute Gasteiger partial charge is 0.251 e. The molecule has 2 rings (SSSR count). The summed E-state index contributed by atoms with van der Waals surface area (Å²) in [7, 11) is 0. The number of benzene rings is 1. The van der Waals surface area contributed by atoms with Crippen molar-refractivity contribution in [2.75, 3.05) is 0 Å². The summed E-state index contributed by atoms with van der Waals surface area (Å²) in [6.07, 6.45) is 4.55. The molecule has 0 saturated heterocycles. The van der Waals surface area contributed by atoms with Crippen LogP contribution in [0.15, 0.2) is 24.3 Å². The van der Waals surface area contributed by atoms with Crippen LogP contribution in [0.3, 0.4) is 0 Å². The van der Waals surface area contributed by atoms with Crippen molar-refractivity contribution in [2.45, 2.75) is 45.1 Å². The summed E-state index contributed by atoms with van der Waals surface area (Å²) in [5, 5.41) is 3.15. The molecule has 2 amide bonds. The molecule has 1 saturated carbocycles. The molecule has 0 heterocycles. The number of hydrogen-bond acceptors (Lipinski definition) is 2. The van der Waals surface area contributed by atoms with Crippen LogP contribution in [0, 0.1) is 5.92 Å². The Labute approximate surface area is 119 Å². The summed E-state index contributed by atoms with van der Waals surface area (Å²) >= 11 is 0. The van der Waals surface area contributed by atoms with Crippen LogP contribution in [0.1, 0.15) is 60.2 Å². The molecule has 0 aliphatic heterocycles. The Kier molecular flexibility index (Phi) is 4.12. The minimum atomic E-state index is -0.482. The number of primary amides is 1. The monoisotopic (exact) mass is 274 g/mol. The maximum Gasteiger partial charge on any atom is 0.251 e. The number of hydrogen-bond donors (Lipinski definition) is 2. The van der Waals surface area contributed by atoms with Gasteiger partial charge in [0.2, 0.25) is 5.91 Å². The van der Waals surface area contributed by atoms with E-state index in [0.29, 0.717) is 17.0 Å². The fourth-order valence-corrected chi connectivity index (χ4v) is 2.81. The van der Waals surface area contributed by atoms with E-state index in [0.717, 1.165) is 19.3 Å². The van der Waals surface area contributed by atoms with Crippen molar-refractivity contribution in [1.29, 1.82) is 0 Å². The van der Waals surface area contributed by atoms with Gasteiger partial charge in [-0.3, -0.25) is 9.59 Å². The first-order valence-electron chi connectivity index (χ1n) is 7.15. The molecule has 108 valence electrons. The highest BCUT2D eigenvalue weighted by Gasteiger charge is 2.34. The number of amides is 2. The van der Waals surface area contributed by atoms with Crippen molar-refractivity contribution in [1.82, 2.24) is 5.32 Å². The molecule has 0 aromatic heterocycles. The van der Waals surface area contributed by atoms with Crippen LogP contribution in [0.4, 0.5) is 0 Å². The third-order valence-electron chi connectivity index (χ3n) is 4.50. The van der Waals surface area contributed by atoms with Gasteiger partial charge in [-0.25, -0.2) is 0 Å². The number of nitrogens with one attached hydrogen (secondary N) is 1. The zero-order chi connectivity index (χ0) is 14.8. The van der Waals surface area contributed by atoms with Gasteiger partial charge in [0.1, 0.15) is 0 Å². The summed E-state index contributed by atoms with van der Waals surface area (Å²) in [5.74, 6) is -0.0906. The van der Waals surface area contributed by atoms with Crippen LogP contribution in [0.5, 0.6) is 0 Å². The van der Waals surface area contributed by atoms with Crippen LogP contribution in [-0.4, -0.2) is 17.4 Å². The van der Waals surface area contributed by atoms with Gasteiger partial charge >= 0.3 is 0 Å². The van der Waals surface area contributed by atoms with Crippen LogP contribution in [0.2, 0.25) is 0 Å². The highest BCUT2D eigenvalue weighted by Crippen LogP contribution is 2.33. The summed E-state index contributed by atoms with van der Waals surface area (Å²) in [5.41, 5.74) is 6.03. The Balaban J connectivity index is 2.09. The Morgan fingerprint density at radius 2 is 1.80 bits per heavy atom. The molecule has 0 unspecified atom stereocenters. The zero-order valence-electron chi connectivity index (χ0n) is 12.1. The average molecular weight is 274 g/mol. The second-order valence-corrected chi connectivity index (χ2v) is 5.96. The number of rotatable bonds is 3. The van der Waals surface area contributed by atoms with E-state index in [9.17, 15) is 9.59 Å². The normalized spacial score (nSPS) is 26.0. The number of nitrogens with two attached hydrogens (primary N) is 1. The van der Waals surface area contributed by atoms with E-state index < -0.39 is 5.91 Å². The first-order chi connectivity index (χ1) is 9.42. The highest BCUT2D eigenvalue weighted by atomic mass is 16.2. The van der Waals surface area contributed by atoms with Gasteiger partial charge in [0, 0.05) is 16.7 Å². The maximum absolute atomic E-state index is 12.3. The Morgan fingerprint density at radius 3 is 2.35 bits per heavy atom. The first kappa shape index (κ1) is 14.6. The molecule has 20 heavy (non-hydrogen) atoms. The van der Waals surface area contributed by atoms with Crippen molar-refractivity contribution in [2.24, 2.45) is 11.7 Å². The molecule has 0 bridgehead atoms. The molecule has 3 N–H and O–H groups in total. The molecule has 1 aromatic carbocycles. The van der Waals surface area contributed by atoms with E-state index in [-0.39, 0.29) is 11.4 Å². The van der Waals surface area contributed by atoms with Crippen LogP contribution < -0.4 is 11.1 Å². The second-order valence-electron chi connectivity index (χ2n) is 5.96. The topological polar surface area (TPSA) is 72.2 Å². The minimum Gasteiger partial charge on any atom is -0.366 e. The van der Waals surface area contributed by atoms with Crippen LogP contribution >= 0.6 is 0 Å². The van der Waals surface area contributed by atoms with Gasteiger partial charge in [-0.05, 0) is 49.9 Å². The lowest BCUT2D eigenvalue weighted by Gasteiger charge is -2.40. The van der Waals surface area contributed by atoms with E-state index in [1.165, 1.54) is 6.42 Å². The molecule has 4 nitrogen and oxygen atoms in total. The molecule has 1 aromatic rings. The molecule has 2 atom stereocenters. The summed E-state index contributed by atoms with van der Waals surface area (Å²) in [4.78, 5) is 23.3. The van der Waals surface area contributed by atoms with Gasteiger partial charge in [-0.1, -0.05) is 19.8 Å². The fraction of sp³-hybridized carbons (Fsp3) is 0.500. The summed E-state index contributed by atoms with van der Waals surface area (Å²) < 4.78 is 0. The number of carbonyl (C=O) groups excluding carboxylic acids is 2. The van der Waals surface area contributed by atoms with Gasteiger partial charge in [0.15, 0.2) is 0 Å². The molecule has 1 aliphatic rings. The summed E-state index contributed by atoms with van der Waals surface area (Å²) in [6.45, 7) is 4.31. The fourth-order valence-electron chi connectivity index (χ4n) is 2.81. The lowest BCUT2D eigenvalue weighted by atomic mass is 9.75. The van der Waals surface area contributed by atoms with Crippen molar-refractivity contribution in [3.05, 3.63) is 35.4 Å². The van der Waals surface area contributed by atoms with Crippen molar-refractivity contribution in [3.63, 3.8) is 0 Å². The molecular weight excluding hydrogens is 252 g/mol. The van der Waals surface area contributed by atoms with Crippen molar-refractivity contribution in [3.8, 4) is 0 Å². The Morgan fingerprint density at radius 1 is 1.20 bits per heavy atom. The predicted octanol–water partition coefficient (Wildman–Crippen LogP) is 2.48. The number of carbonyl (C=O) groups is 2. The third-order valence-corrected chi connectivity index (χ3v) is 4.50. The SMILES string of the molecule is C[C@H]1CCCC[C@]1(C)NC(=O)c1ccc(C(N)=O)cc1. The zero-order valence-corrected chi connectivity index (χ0v) is 12.1. The predicted molar refractivity (Wildman–Crippen MR) is 78.5 cm³/mol. The Bertz CT molecular complexity index is 510. The van der Waals surface area contributed by atoms with Gasteiger partial charge in [0.25, 0.3) is 5.91 Å². The van der Waals surface area contributed by atoms with Crippen LogP contribution in [0.25, 0.3) is 0 Å². The van der Waals surface area contributed by atoms with Gasteiger partial charge in [0.05, 0.1) is 0 Å². The third kappa shape index (κ3) is 3.00.